The third-order valence-corrected chi connectivity index (χ3v) is 10.9. The monoisotopic (exact) mass is 796 g/mol. The molecule has 9 rings (SSSR count). The molecule has 0 spiro atoms. The van der Waals surface area contributed by atoms with Crippen LogP contribution < -0.4 is 4.90 Å². The standard InChI is InChI=1S/C48H37IN4/c1-2-34-16-12-13-23-41(34)42-28-26-39(30-36(42)33-49)51(48-32-45(35-17-6-3-7-18-35)50-53(48)38-21-10-5-11-22-38)40-27-29-47-44(31-40)43-24-14-15-25-46(43)52(47)37-19-8-4-9-20-37/h3-32H,2,33H2,1H3. The van der Waals surface area contributed by atoms with Crippen LogP contribution in [0.25, 0.3) is 55.6 Å². The zero-order valence-corrected chi connectivity index (χ0v) is 31.6. The quantitative estimate of drug-likeness (QED) is 0.107. The number of fused-ring (bicyclic) bond motifs is 3. The van der Waals surface area contributed by atoms with Gasteiger partial charge in [0.15, 0.2) is 0 Å². The van der Waals surface area contributed by atoms with Gasteiger partial charge in [0.2, 0.25) is 0 Å². The summed E-state index contributed by atoms with van der Waals surface area (Å²) in [6.07, 6.45) is 0.986. The molecule has 53 heavy (non-hydrogen) atoms. The maximum Gasteiger partial charge on any atom is 0.142 e. The van der Waals surface area contributed by atoms with Crippen molar-refractivity contribution < 1.29 is 0 Å². The molecule has 0 saturated heterocycles. The molecule has 5 heteroatoms. The van der Waals surface area contributed by atoms with Crippen LogP contribution in [0.3, 0.4) is 0 Å². The topological polar surface area (TPSA) is 26.0 Å². The Hall–Kier alpha value is -5.92. The molecule has 0 N–H and O–H groups in total. The van der Waals surface area contributed by atoms with E-state index in [1.54, 1.807) is 0 Å². The summed E-state index contributed by atoms with van der Waals surface area (Å²) >= 11 is 2.52. The van der Waals surface area contributed by atoms with Gasteiger partial charge in [0.05, 0.1) is 22.4 Å². The van der Waals surface area contributed by atoms with E-state index in [9.17, 15) is 0 Å². The Morgan fingerprint density at radius 2 is 1.13 bits per heavy atom. The minimum Gasteiger partial charge on any atom is -0.309 e. The fraction of sp³-hybridized carbons (Fsp3) is 0.0625. The smallest absolute Gasteiger partial charge is 0.142 e. The number of nitrogens with zero attached hydrogens (tertiary/aromatic N) is 4. The van der Waals surface area contributed by atoms with Gasteiger partial charge >= 0.3 is 0 Å². The van der Waals surface area contributed by atoms with Gasteiger partial charge in [-0.05, 0) is 89.3 Å². The third-order valence-electron chi connectivity index (χ3n) is 10.1. The van der Waals surface area contributed by atoms with Crippen molar-refractivity contribution in [3.05, 3.63) is 193 Å². The highest BCUT2D eigenvalue weighted by atomic mass is 127. The van der Waals surface area contributed by atoms with Gasteiger partial charge in [0.25, 0.3) is 0 Å². The van der Waals surface area contributed by atoms with E-state index in [0.717, 1.165) is 50.7 Å². The number of aromatic nitrogens is 3. The van der Waals surface area contributed by atoms with Crippen molar-refractivity contribution in [2.75, 3.05) is 4.90 Å². The summed E-state index contributed by atoms with van der Waals surface area (Å²) in [5.74, 6) is 0.960. The molecule has 0 atom stereocenters. The number of aryl methyl sites for hydroxylation is 1. The van der Waals surface area contributed by atoms with Crippen LogP contribution in [0.5, 0.6) is 0 Å². The van der Waals surface area contributed by atoms with Crippen molar-refractivity contribution in [3.63, 3.8) is 0 Å². The number of anilines is 3. The van der Waals surface area contributed by atoms with Crippen LogP contribution in [0.15, 0.2) is 182 Å². The SMILES string of the molecule is CCc1ccccc1-c1ccc(N(c2ccc3c(c2)c2ccccc2n3-c2ccccc2)c2cc(-c3ccccc3)nn2-c2ccccc2)cc1CI. The van der Waals surface area contributed by atoms with E-state index in [2.05, 4.69) is 226 Å². The Morgan fingerprint density at radius 3 is 1.89 bits per heavy atom. The molecular weight excluding hydrogens is 759 g/mol. The second-order valence-electron chi connectivity index (χ2n) is 13.2. The molecule has 0 unspecified atom stereocenters. The van der Waals surface area contributed by atoms with Gasteiger partial charge in [-0.3, -0.25) is 4.90 Å². The largest absolute Gasteiger partial charge is 0.309 e. The predicted molar refractivity (Wildman–Crippen MR) is 231 cm³/mol. The molecule has 2 heterocycles. The lowest BCUT2D eigenvalue weighted by atomic mass is 9.94. The second-order valence-corrected chi connectivity index (χ2v) is 14.0. The minimum atomic E-state index is 0.879. The van der Waals surface area contributed by atoms with E-state index in [4.69, 9.17) is 5.10 Å². The average Bonchev–Trinajstić information content (AvgIpc) is 3.82. The van der Waals surface area contributed by atoms with Gasteiger partial charge in [0.1, 0.15) is 5.82 Å². The van der Waals surface area contributed by atoms with Gasteiger partial charge in [-0.2, -0.15) is 5.10 Å². The van der Waals surface area contributed by atoms with Crippen molar-refractivity contribution in [1.82, 2.24) is 14.3 Å². The Balaban J connectivity index is 1.31. The van der Waals surface area contributed by atoms with Crippen LogP contribution in [0, 0.1) is 0 Å². The number of benzene rings is 7. The molecule has 2 aromatic heterocycles. The van der Waals surface area contributed by atoms with Gasteiger partial charge in [0, 0.05) is 43.9 Å². The molecule has 0 bridgehead atoms. The van der Waals surface area contributed by atoms with E-state index in [-0.39, 0.29) is 0 Å². The molecule has 0 saturated carbocycles. The first-order chi connectivity index (χ1) is 26.2. The number of para-hydroxylation sites is 3. The van der Waals surface area contributed by atoms with E-state index in [1.165, 1.54) is 44.1 Å². The van der Waals surface area contributed by atoms with E-state index < -0.39 is 0 Å². The maximum absolute atomic E-state index is 5.28. The normalized spacial score (nSPS) is 11.4. The van der Waals surface area contributed by atoms with Crippen LogP contribution in [0.1, 0.15) is 18.1 Å². The van der Waals surface area contributed by atoms with Gasteiger partial charge in [-0.15, -0.1) is 0 Å². The number of alkyl halides is 1. The highest BCUT2D eigenvalue weighted by Gasteiger charge is 2.24. The highest BCUT2D eigenvalue weighted by molar-refractivity contribution is 14.1. The van der Waals surface area contributed by atoms with Crippen LogP contribution in [0.4, 0.5) is 17.2 Å². The van der Waals surface area contributed by atoms with E-state index >= 15 is 0 Å². The summed E-state index contributed by atoms with van der Waals surface area (Å²) in [6.45, 7) is 2.23. The predicted octanol–water partition coefficient (Wildman–Crippen LogP) is 13.3. The summed E-state index contributed by atoms with van der Waals surface area (Å²) in [7, 11) is 0. The van der Waals surface area contributed by atoms with Crippen molar-refractivity contribution in [2.24, 2.45) is 0 Å². The Morgan fingerprint density at radius 1 is 0.528 bits per heavy atom. The van der Waals surface area contributed by atoms with Gasteiger partial charge < -0.3 is 4.57 Å². The maximum atomic E-state index is 5.28. The molecule has 0 fully saturated rings. The fourth-order valence-corrected chi connectivity index (χ4v) is 8.22. The lowest BCUT2D eigenvalue weighted by Gasteiger charge is -2.27. The summed E-state index contributed by atoms with van der Waals surface area (Å²) in [6, 6.07) is 65.1. The Labute approximate surface area is 323 Å². The van der Waals surface area contributed by atoms with E-state index in [1.807, 2.05) is 0 Å². The summed E-state index contributed by atoms with van der Waals surface area (Å²) < 4.78 is 5.34. The van der Waals surface area contributed by atoms with Crippen LogP contribution in [-0.4, -0.2) is 14.3 Å². The number of hydrogen-bond acceptors (Lipinski definition) is 2. The van der Waals surface area contributed by atoms with Crippen LogP contribution in [-0.2, 0) is 10.8 Å². The summed E-state index contributed by atoms with van der Waals surface area (Å²) in [5.41, 5.74) is 13.9. The van der Waals surface area contributed by atoms with Crippen molar-refractivity contribution in [2.45, 2.75) is 17.8 Å². The lowest BCUT2D eigenvalue weighted by Crippen LogP contribution is -2.15. The van der Waals surface area contributed by atoms with Crippen LogP contribution >= 0.6 is 22.6 Å². The molecule has 9 aromatic rings. The molecule has 0 aliphatic carbocycles. The minimum absolute atomic E-state index is 0.879. The van der Waals surface area contributed by atoms with Gasteiger partial charge in [-0.1, -0.05) is 145 Å². The van der Waals surface area contributed by atoms with Crippen LogP contribution in [0.2, 0.25) is 0 Å². The zero-order chi connectivity index (χ0) is 35.7. The fourth-order valence-electron chi connectivity index (χ4n) is 7.59. The highest BCUT2D eigenvalue weighted by Crippen LogP contribution is 2.43. The van der Waals surface area contributed by atoms with E-state index in [0.29, 0.717) is 0 Å². The molecule has 0 aliphatic heterocycles. The number of rotatable bonds is 9. The van der Waals surface area contributed by atoms with Gasteiger partial charge in [-0.25, -0.2) is 4.68 Å². The third kappa shape index (κ3) is 6.01. The molecule has 0 amide bonds. The Kier molecular flexibility index (Phi) is 8.86. The average molecular weight is 797 g/mol. The molecule has 256 valence electrons. The number of halogens is 1. The first kappa shape index (κ1) is 33.0. The first-order valence-electron chi connectivity index (χ1n) is 18.1. The molecule has 4 nitrogen and oxygen atoms in total. The van der Waals surface area contributed by atoms with Crippen molar-refractivity contribution >= 4 is 61.6 Å². The Bertz CT molecular complexity index is 2700. The summed E-state index contributed by atoms with van der Waals surface area (Å²) in [5, 5.41) is 7.69. The first-order valence-corrected chi connectivity index (χ1v) is 19.6. The molecular formula is C48H37IN4. The summed E-state index contributed by atoms with van der Waals surface area (Å²) in [4.78, 5) is 2.38. The molecule has 0 radical (unpaired) electrons. The van der Waals surface area contributed by atoms with Crippen molar-refractivity contribution in [1.29, 1.82) is 0 Å². The molecule has 7 aromatic carbocycles. The molecule has 0 aliphatic rings. The lowest BCUT2D eigenvalue weighted by molar-refractivity contribution is 0.875. The number of hydrogen-bond donors (Lipinski definition) is 0. The van der Waals surface area contributed by atoms with Crippen molar-refractivity contribution in [3.8, 4) is 33.8 Å². The zero-order valence-electron chi connectivity index (χ0n) is 29.4. The second kappa shape index (κ2) is 14.2.